The Morgan fingerprint density at radius 1 is 1.53 bits per heavy atom. The molecule has 6 heteroatoms. The number of hydrogen-bond acceptors (Lipinski definition) is 2. The number of hydrogen-bond donors (Lipinski definition) is 0. The molecule has 15 heavy (non-hydrogen) atoms. The number of aryl methyl sites for hydroxylation is 1. The van der Waals surface area contributed by atoms with Gasteiger partial charge in [-0.3, -0.25) is 4.79 Å². The molecule has 1 heterocycles. The highest BCUT2D eigenvalue weighted by molar-refractivity contribution is 9.10. The minimum absolute atomic E-state index is 0.378. The molecule has 0 aromatic carbocycles. The Morgan fingerprint density at radius 2 is 2.13 bits per heavy atom. The molecule has 0 spiro atoms. The minimum Gasteiger partial charge on any atom is -0.293 e. The van der Waals surface area contributed by atoms with E-state index in [9.17, 15) is 18.0 Å². The summed E-state index contributed by atoms with van der Waals surface area (Å²) in [7, 11) is 0. The third kappa shape index (κ3) is 3.95. The van der Waals surface area contributed by atoms with Crippen LogP contribution in [0.3, 0.4) is 0 Å². The van der Waals surface area contributed by atoms with E-state index in [1.165, 1.54) is 11.3 Å². The van der Waals surface area contributed by atoms with E-state index in [2.05, 4.69) is 15.9 Å². The molecule has 0 fully saturated rings. The molecule has 0 saturated carbocycles. The van der Waals surface area contributed by atoms with E-state index < -0.39 is 24.8 Å². The molecule has 0 bridgehead atoms. The lowest BCUT2D eigenvalue weighted by molar-refractivity contribution is -0.133. The molecular formula is C9H8BrF3OS. The van der Waals surface area contributed by atoms with E-state index in [1.54, 1.807) is 13.0 Å². The van der Waals surface area contributed by atoms with Gasteiger partial charge in [0.25, 0.3) is 0 Å². The van der Waals surface area contributed by atoms with E-state index in [0.717, 1.165) is 9.35 Å². The van der Waals surface area contributed by atoms with Gasteiger partial charge in [0.05, 0.1) is 11.3 Å². The molecule has 0 aliphatic rings. The Morgan fingerprint density at radius 3 is 2.53 bits per heavy atom. The van der Waals surface area contributed by atoms with Gasteiger partial charge in [0.15, 0.2) is 5.78 Å². The lowest BCUT2D eigenvalue weighted by atomic mass is 10.2. The molecular weight excluding hydrogens is 293 g/mol. The van der Waals surface area contributed by atoms with Crippen molar-refractivity contribution < 1.29 is 18.0 Å². The van der Waals surface area contributed by atoms with Crippen molar-refractivity contribution in [1.82, 2.24) is 0 Å². The van der Waals surface area contributed by atoms with Crippen LogP contribution in [0.4, 0.5) is 13.2 Å². The monoisotopic (exact) mass is 300 g/mol. The van der Waals surface area contributed by atoms with Gasteiger partial charge in [-0.1, -0.05) is 0 Å². The maximum Gasteiger partial charge on any atom is 0.389 e. The summed E-state index contributed by atoms with van der Waals surface area (Å²) < 4.78 is 36.3. The predicted molar refractivity (Wildman–Crippen MR) is 56.4 cm³/mol. The van der Waals surface area contributed by atoms with Crippen LogP contribution in [0.5, 0.6) is 0 Å². The fourth-order valence-electron chi connectivity index (χ4n) is 0.976. The fourth-order valence-corrected chi connectivity index (χ4v) is 2.48. The number of ketones is 1. The summed E-state index contributed by atoms with van der Waals surface area (Å²) in [4.78, 5) is 12.6. The summed E-state index contributed by atoms with van der Waals surface area (Å²) in [6.45, 7) is 1.80. The molecule has 84 valence electrons. The van der Waals surface area contributed by atoms with Crippen molar-refractivity contribution in [1.29, 1.82) is 0 Å². The Balaban J connectivity index is 2.62. The van der Waals surface area contributed by atoms with E-state index in [0.29, 0.717) is 4.88 Å². The third-order valence-electron chi connectivity index (χ3n) is 1.77. The molecule has 0 radical (unpaired) electrons. The van der Waals surface area contributed by atoms with Crippen LogP contribution in [0.1, 0.15) is 27.4 Å². The zero-order valence-electron chi connectivity index (χ0n) is 7.82. The average Bonchev–Trinajstić information content (AvgIpc) is 2.42. The Bertz CT molecular complexity index is 350. The van der Waals surface area contributed by atoms with E-state index in [4.69, 9.17) is 0 Å². The number of Topliss-reactive ketones (excluding diaryl/α,β-unsaturated/α-hetero) is 1. The molecule has 0 unspecified atom stereocenters. The first-order valence-electron chi connectivity index (χ1n) is 4.15. The zero-order valence-corrected chi connectivity index (χ0v) is 10.2. The van der Waals surface area contributed by atoms with Crippen LogP contribution in [0, 0.1) is 6.92 Å². The van der Waals surface area contributed by atoms with Crippen LogP contribution in [-0.2, 0) is 0 Å². The average molecular weight is 301 g/mol. The van der Waals surface area contributed by atoms with Crippen molar-refractivity contribution in [3.05, 3.63) is 20.3 Å². The first kappa shape index (κ1) is 12.7. The van der Waals surface area contributed by atoms with Gasteiger partial charge in [0.1, 0.15) is 0 Å². The van der Waals surface area contributed by atoms with E-state index in [1.807, 2.05) is 0 Å². The first-order valence-corrected chi connectivity index (χ1v) is 5.76. The van der Waals surface area contributed by atoms with Gasteiger partial charge in [-0.05, 0) is 28.9 Å². The maximum atomic E-state index is 11.9. The molecule has 1 rings (SSSR count). The van der Waals surface area contributed by atoms with Crippen LogP contribution in [0.2, 0.25) is 0 Å². The molecule has 1 aromatic heterocycles. The third-order valence-corrected chi connectivity index (χ3v) is 3.95. The molecule has 0 aliphatic carbocycles. The number of alkyl halides is 3. The van der Waals surface area contributed by atoms with Crippen LogP contribution in [0.25, 0.3) is 0 Å². The molecule has 0 N–H and O–H groups in total. The van der Waals surface area contributed by atoms with Crippen LogP contribution < -0.4 is 0 Å². The highest BCUT2D eigenvalue weighted by Crippen LogP contribution is 2.29. The van der Waals surface area contributed by atoms with Gasteiger partial charge in [0, 0.05) is 15.8 Å². The van der Waals surface area contributed by atoms with Crippen molar-refractivity contribution in [2.24, 2.45) is 0 Å². The number of carbonyl (C=O) groups is 1. The SMILES string of the molecule is Cc1sc(C(=O)CCC(F)(F)F)cc1Br. The van der Waals surface area contributed by atoms with Crippen molar-refractivity contribution in [2.45, 2.75) is 25.9 Å². The normalized spacial score (nSPS) is 11.8. The second-order valence-electron chi connectivity index (χ2n) is 3.05. The minimum atomic E-state index is -4.26. The smallest absolute Gasteiger partial charge is 0.293 e. The fraction of sp³-hybridized carbons (Fsp3) is 0.444. The molecule has 1 aromatic rings. The summed E-state index contributed by atoms with van der Waals surface area (Å²) in [6, 6.07) is 1.57. The highest BCUT2D eigenvalue weighted by atomic mass is 79.9. The van der Waals surface area contributed by atoms with Crippen molar-refractivity contribution >= 4 is 33.0 Å². The standard InChI is InChI=1S/C9H8BrF3OS/c1-5-6(10)4-8(15-5)7(14)2-3-9(11,12)13/h4H,2-3H2,1H3. The zero-order chi connectivity index (χ0) is 11.6. The van der Waals surface area contributed by atoms with Gasteiger partial charge in [-0.25, -0.2) is 0 Å². The Hall–Kier alpha value is -0.360. The molecule has 0 amide bonds. The number of carbonyl (C=O) groups excluding carboxylic acids is 1. The number of thiophene rings is 1. The highest BCUT2D eigenvalue weighted by Gasteiger charge is 2.28. The first-order chi connectivity index (χ1) is 6.79. The van der Waals surface area contributed by atoms with Crippen LogP contribution in [-0.4, -0.2) is 12.0 Å². The topological polar surface area (TPSA) is 17.1 Å². The van der Waals surface area contributed by atoms with Crippen molar-refractivity contribution in [2.75, 3.05) is 0 Å². The lowest BCUT2D eigenvalue weighted by Crippen LogP contribution is -2.10. The summed E-state index contributed by atoms with van der Waals surface area (Å²) >= 11 is 4.42. The Labute approximate surface area is 97.4 Å². The molecule has 1 nitrogen and oxygen atoms in total. The second kappa shape index (κ2) is 4.65. The quantitative estimate of drug-likeness (QED) is 0.759. The predicted octanol–water partition coefficient (Wildman–Crippen LogP) is 4.34. The largest absolute Gasteiger partial charge is 0.389 e. The summed E-state index contributed by atoms with van der Waals surface area (Å²) in [6.07, 6.45) is -5.80. The molecule has 0 saturated heterocycles. The van der Waals surface area contributed by atoms with Crippen LogP contribution >= 0.6 is 27.3 Å². The van der Waals surface area contributed by atoms with Gasteiger partial charge in [-0.15, -0.1) is 11.3 Å². The van der Waals surface area contributed by atoms with Gasteiger partial charge >= 0.3 is 6.18 Å². The molecule has 0 aliphatic heterocycles. The van der Waals surface area contributed by atoms with Crippen molar-refractivity contribution in [3.63, 3.8) is 0 Å². The van der Waals surface area contributed by atoms with E-state index in [-0.39, 0.29) is 0 Å². The number of halogens is 4. The van der Waals surface area contributed by atoms with E-state index >= 15 is 0 Å². The second-order valence-corrected chi connectivity index (χ2v) is 5.16. The van der Waals surface area contributed by atoms with Gasteiger partial charge in [0.2, 0.25) is 0 Å². The summed E-state index contributed by atoms with van der Waals surface area (Å²) in [5, 5.41) is 0. The maximum absolute atomic E-state index is 11.9. The van der Waals surface area contributed by atoms with Gasteiger partial charge in [-0.2, -0.15) is 13.2 Å². The van der Waals surface area contributed by atoms with Gasteiger partial charge < -0.3 is 0 Å². The lowest BCUT2D eigenvalue weighted by Gasteiger charge is -2.03. The number of rotatable bonds is 3. The Kier molecular flexibility index (Phi) is 3.94. The molecule has 0 atom stereocenters. The van der Waals surface area contributed by atoms with Crippen molar-refractivity contribution in [3.8, 4) is 0 Å². The summed E-state index contributed by atoms with van der Waals surface area (Å²) in [5.74, 6) is -0.453. The van der Waals surface area contributed by atoms with Crippen LogP contribution in [0.15, 0.2) is 10.5 Å². The summed E-state index contributed by atoms with van der Waals surface area (Å²) in [5.41, 5.74) is 0.